The molecule has 5 rings (SSSR count). The van der Waals surface area contributed by atoms with E-state index in [1.807, 2.05) is 48.5 Å². The molecule has 1 fully saturated rings. The maximum absolute atomic E-state index is 6.42. The molecule has 0 unspecified atom stereocenters. The highest BCUT2D eigenvalue weighted by molar-refractivity contribution is 6.30. The van der Waals surface area contributed by atoms with Crippen molar-refractivity contribution in [1.29, 1.82) is 0 Å². The Labute approximate surface area is 185 Å². The summed E-state index contributed by atoms with van der Waals surface area (Å²) >= 11 is 6.14. The fourth-order valence-corrected chi connectivity index (χ4v) is 4.08. The van der Waals surface area contributed by atoms with Crippen molar-refractivity contribution < 1.29 is 4.74 Å². The van der Waals surface area contributed by atoms with E-state index in [0.29, 0.717) is 23.1 Å². The van der Waals surface area contributed by atoms with E-state index in [-0.39, 0.29) is 0 Å². The third-order valence-corrected chi connectivity index (χ3v) is 5.75. The summed E-state index contributed by atoms with van der Waals surface area (Å²) in [5.74, 6) is 1.77. The molecule has 6 nitrogen and oxygen atoms in total. The zero-order valence-corrected chi connectivity index (χ0v) is 17.7. The number of nitrogens with two attached hydrogens (primary N) is 1. The Morgan fingerprint density at radius 1 is 0.806 bits per heavy atom. The summed E-state index contributed by atoms with van der Waals surface area (Å²) in [6.07, 6.45) is 1.51. The van der Waals surface area contributed by atoms with Crippen LogP contribution < -0.4 is 20.3 Å². The third kappa shape index (κ3) is 4.07. The molecule has 31 heavy (non-hydrogen) atoms. The number of piperazine rings is 1. The van der Waals surface area contributed by atoms with Crippen LogP contribution in [-0.2, 0) is 0 Å². The van der Waals surface area contributed by atoms with Gasteiger partial charge in [0.2, 0.25) is 5.88 Å². The number of rotatable bonds is 4. The SMILES string of the molecule is Nc1c(Oc2ccc3ccccc3c2)ncnc1N1CCN(c2cccc(Cl)c2)CC1. The van der Waals surface area contributed by atoms with Gasteiger partial charge in [-0.25, -0.2) is 4.98 Å². The van der Waals surface area contributed by atoms with Crippen molar-refractivity contribution in [2.24, 2.45) is 0 Å². The number of halogens is 1. The molecule has 0 aliphatic carbocycles. The first kappa shape index (κ1) is 19.5. The van der Waals surface area contributed by atoms with Crippen LogP contribution >= 0.6 is 11.6 Å². The van der Waals surface area contributed by atoms with E-state index in [0.717, 1.165) is 47.7 Å². The highest BCUT2D eigenvalue weighted by Crippen LogP contribution is 2.33. The number of hydrogen-bond donors (Lipinski definition) is 1. The van der Waals surface area contributed by atoms with E-state index >= 15 is 0 Å². The lowest BCUT2D eigenvalue weighted by Crippen LogP contribution is -2.47. The Hall–Kier alpha value is -3.51. The monoisotopic (exact) mass is 431 g/mol. The van der Waals surface area contributed by atoms with Gasteiger partial charge in [-0.15, -0.1) is 0 Å². The average molecular weight is 432 g/mol. The molecule has 0 radical (unpaired) electrons. The van der Waals surface area contributed by atoms with Gasteiger partial charge in [0.25, 0.3) is 0 Å². The summed E-state index contributed by atoms with van der Waals surface area (Å²) < 4.78 is 6.02. The number of fused-ring (bicyclic) bond motifs is 1. The Balaban J connectivity index is 1.32. The van der Waals surface area contributed by atoms with Crippen LogP contribution in [-0.4, -0.2) is 36.1 Å². The van der Waals surface area contributed by atoms with Crippen LogP contribution in [0.1, 0.15) is 0 Å². The minimum absolute atomic E-state index is 0.373. The molecule has 2 heterocycles. The molecule has 0 amide bonds. The second-order valence-electron chi connectivity index (χ2n) is 7.48. The maximum atomic E-state index is 6.42. The van der Waals surface area contributed by atoms with Gasteiger partial charge < -0.3 is 20.3 Å². The van der Waals surface area contributed by atoms with E-state index in [9.17, 15) is 0 Å². The van der Waals surface area contributed by atoms with Gasteiger partial charge >= 0.3 is 0 Å². The van der Waals surface area contributed by atoms with Crippen molar-refractivity contribution in [2.45, 2.75) is 0 Å². The summed E-state index contributed by atoms with van der Waals surface area (Å²) in [6, 6.07) is 22.0. The van der Waals surface area contributed by atoms with Gasteiger partial charge in [0.1, 0.15) is 17.8 Å². The molecule has 2 N–H and O–H groups in total. The zero-order valence-electron chi connectivity index (χ0n) is 16.9. The Bertz CT molecular complexity index is 1220. The quantitative estimate of drug-likeness (QED) is 0.491. The van der Waals surface area contributed by atoms with Crippen LogP contribution in [0.2, 0.25) is 5.02 Å². The van der Waals surface area contributed by atoms with Crippen LogP contribution in [0.15, 0.2) is 73.1 Å². The maximum Gasteiger partial charge on any atom is 0.248 e. The Morgan fingerprint density at radius 3 is 2.39 bits per heavy atom. The van der Waals surface area contributed by atoms with Gasteiger partial charge in [-0.2, -0.15) is 4.98 Å². The van der Waals surface area contributed by atoms with Gasteiger partial charge in [-0.3, -0.25) is 0 Å². The van der Waals surface area contributed by atoms with Crippen LogP contribution in [0.3, 0.4) is 0 Å². The van der Waals surface area contributed by atoms with Crippen LogP contribution in [0, 0.1) is 0 Å². The second-order valence-corrected chi connectivity index (χ2v) is 7.92. The Kier molecular flexibility index (Phi) is 5.22. The molecule has 0 spiro atoms. The third-order valence-electron chi connectivity index (χ3n) is 5.51. The lowest BCUT2D eigenvalue weighted by molar-refractivity contribution is 0.464. The number of hydrogen-bond acceptors (Lipinski definition) is 6. The van der Waals surface area contributed by atoms with Crippen molar-refractivity contribution in [1.82, 2.24) is 9.97 Å². The van der Waals surface area contributed by atoms with E-state index < -0.39 is 0 Å². The summed E-state index contributed by atoms with van der Waals surface area (Å²) in [5, 5.41) is 3.00. The summed E-state index contributed by atoms with van der Waals surface area (Å²) in [7, 11) is 0. The lowest BCUT2D eigenvalue weighted by Gasteiger charge is -2.37. The van der Waals surface area contributed by atoms with Gasteiger partial charge in [-0.05, 0) is 41.1 Å². The van der Waals surface area contributed by atoms with Crippen LogP contribution in [0.4, 0.5) is 17.2 Å². The number of nitrogen functional groups attached to an aromatic ring is 1. The van der Waals surface area contributed by atoms with Crippen LogP contribution in [0.5, 0.6) is 11.6 Å². The number of ether oxygens (including phenoxy) is 1. The topological polar surface area (TPSA) is 67.5 Å². The minimum Gasteiger partial charge on any atom is -0.437 e. The molecule has 1 saturated heterocycles. The molecule has 0 saturated carbocycles. The van der Waals surface area contributed by atoms with Crippen molar-refractivity contribution in [2.75, 3.05) is 41.7 Å². The average Bonchev–Trinajstić information content (AvgIpc) is 2.80. The van der Waals surface area contributed by atoms with E-state index in [1.54, 1.807) is 0 Å². The Morgan fingerprint density at radius 2 is 1.58 bits per heavy atom. The molecular weight excluding hydrogens is 410 g/mol. The van der Waals surface area contributed by atoms with Gasteiger partial charge in [-0.1, -0.05) is 48.0 Å². The molecule has 0 bridgehead atoms. The normalized spacial score (nSPS) is 14.1. The van der Waals surface area contributed by atoms with Crippen molar-refractivity contribution >= 4 is 39.6 Å². The van der Waals surface area contributed by atoms with E-state index in [4.69, 9.17) is 22.1 Å². The fraction of sp³-hybridized carbons (Fsp3) is 0.167. The smallest absolute Gasteiger partial charge is 0.248 e. The standard InChI is InChI=1S/C24H22ClN5O/c25-19-6-3-7-20(15-19)29-10-12-30(13-11-29)23-22(26)24(28-16-27-23)31-21-9-8-17-4-1-2-5-18(17)14-21/h1-9,14-16H,10-13,26H2. The summed E-state index contributed by atoms with van der Waals surface area (Å²) in [4.78, 5) is 13.2. The first-order valence-electron chi connectivity index (χ1n) is 10.2. The number of anilines is 3. The highest BCUT2D eigenvalue weighted by Gasteiger charge is 2.22. The molecule has 1 aromatic heterocycles. The first-order valence-corrected chi connectivity index (χ1v) is 10.6. The number of aromatic nitrogens is 2. The molecule has 3 aromatic carbocycles. The first-order chi connectivity index (χ1) is 15.2. The zero-order chi connectivity index (χ0) is 21.2. The molecule has 156 valence electrons. The second kappa shape index (κ2) is 8.32. The van der Waals surface area contributed by atoms with Gasteiger partial charge in [0, 0.05) is 36.9 Å². The predicted octanol–water partition coefficient (Wildman–Crippen LogP) is 4.98. The van der Waals surface area contributed by atoms with Crippen molar-refractivity contribution in [3.05, 3.63) is 78.1 Å². The lowest BCUT2D eigenvalue weighted by atomic mass is 10.1. The molecule has 1 aliphatic heterocycles. The van der Waals surface area contributed by atoms with Crippen LogP contribution in [0.25, 0.3) is 10.8 Å². The molecule has 0 atom stereocenters. The van der Waals surface area contributed by atoms with Crippen molar-refractivity contribution in [3.63, 3.8) is 0 Å². The van der Waals surface area contributed by atoms with E-state index in [1.165, 1.54) is 6.33 Å². The fourth-order valence-electron chi connectivity index (χ4n) is 3.90. The number of benzene rings is 3. The highest BCUT2D eigenvalue weighted by atomic mass is 35.5. The minimum atomic E-state index is 0.373. The van der Waals surface area contributed by atoms with Gasteiger partial charge in [0.15, 0.2) is 5.82 Å². The molecule has 4 aromatic rings. The molecule has 1 aliphatic rings. The number of nitrogens with zero attached hydrogens (tertiary/aromatic N) is 4. The van der Waals surface area contributed by atoms with Gasteiger partial charge in [0.05, 0.1) is 0 Å². The largest absolute Gasteiger partial charge is 0.437 e. The summed E-state index contributed by atoms with van der Waals surface area (Å²) in [5.41, 5.74) is 8.00. The summed E-state index contributed by atoms with van der Waals surface area (Å²) in [6.45, 7) is 3.29. The molecule has 7 heteroatoms. The van der Waals surface area contributed by atoms with Crippen molar-refractivity contribution in [3.8, 4) is 11.6 Å². The molecular formula is C24H22ClN5O. The van der Waals surface area contributed by atoms with E-state index in [2.05, 4.69) is 38.0 Å². The predicted molar refractivity (Wildman–Crippen MR) is 126 cm³/mol.